The number of anilines is 2. The summed E-state index contributed by atoms with van der Waals surface area (Å²) in [5, 5.41) is 3.43. The SMILES string of the molecule is CCCCCC(C)(C)CNc1ccc(C(C)=O)c(N)c1. The van der Waals surface area contributed by atoms with E-state index in [2.05, 4.69) is 26.1 Å². The van der Waals surface area contributed by atoms with Gasteiger partial charge in [-0.25, -0.2) is 0 Å². The Morgan fingerprint density at radius 2 is 2.00 bits per heavy atom. The van der Waals surface area contributed by atoms with Crippen LogP contribution in [0, 0.1) is 5.41 Å². The summed E-state index contributed by atoms with van der Waals surface area (Å²) in [6, 6.07) is 5.57. The number of unbranched alkanes of at least 4 members (excludes halogenated alkanes) is 2. The quantitative estimate of drug-likeness (QED) is 0.418. The number of hydrogen-bond donors (Lipinski definition) is 2. The molecule has 3 nitrogen and oxygen atoms in total. The second kappa shape index (κ2) is 7.32. The number of benzene rings is 1. The third-order valence-electron chi connectivity index (χ3n) is 3.66. The van der Waals surface area contributed by atoms with Crippen LogP contribution in [0.4, 0.5) is 11.4 Å². The standard InChI is InChI=1S/C17H28N2O/c1-5-6-7-10-17(3,4)12-19-14-8-9-15(13(2)20)16(18)11-14/h8-9,11,19H,5-7,10,12,18H2,1-4H3. The Labute approximate surface area is 122 Å². The van der Waals surface area contributed by atoms with Gasteiger partial charge in [0.25, 0.3) is 0 Å². The number of ketones is 1. The summed E-state index contributed by atoms with van der Waals surface area (Å²) in [5.74, 6) is 0.00828. The van der Waals surface area contributed by atoms with E-state index in [1.807, 2.05) is 12.1 Å². The number of hydrogen-bond acceptors (Lipinski definition) is 3. The second-order valence-corrected chi connectivity index (χ2v) is 6.33. The van der Waals surface area contributed by atoms with Crippen LogP contribution < -0.4 is 11.1 Å². The van der Waals surface area contributed by atoms with E-state index < -0.39 is 0 Å². The minimum absolute atomic E-state index is 0.00828. The molecule has 0 aliphatic rings. The molecule has 0 aliphatic heterocycles. The second-order valence-electron chi connectivity index (χ2n) is 6.33. The van der Waals surface area contributed by atoms with Gasteiger partial charge in [0.2, 0.25) is 0 Å². The smallest absolute Gasteiger partial charge is 0.161 e. The maximum atomic E-state index is 11.3. The van der Waals surface area contributed by atoms with Gasteiger partial charge in [0.1, 0.15) is 0 Å². The Morgan fingerprint density at radius 1 is 1.30 bits per heavy atom. The zero-order chi connectivity index (χ0) is 15.2. The molecular weight excluding hydrogens is 248 g/mol. The van der Waals surface area contributed by atoms with Gasteiger partial charge in [-0.3, -0.25) is 4.79 Å². The van der Waals surface area contributed by atoms with E-state index >= 15 is 0 Å². The van der Waals surface area contributed by atoms with Crippen molar-refractivity contribution in [2.75, 3.05) is 17.6 Å². The van der Waals surface area contributed by atoms with Crippen molar-refractivity contribution in [1.29, 1.82) is 0 Å². The minimum Gasteiger partial charge on any atom is -0.398 e. The van der Waals surface area contributed by atoms with Crippen molar-refractivity contribution in [3.8, 4) is 0 Å². The van der Waals surface area contributed by atoms with Gasteiger partial charge in [-0.15, -0.1) is 0 Å². The lowest BCUT2D eigenvalue weighted by atomic mass is 9.87. The van der Waals surface area contributed by atoms with Crippen molar-refractivity contribution in [2.45, 2.75) is 53.4 Å². The lowest BCUT2D eigenvalue weighted by molar-refractivity contribution is 0.101. The molecule has 0 unspecified atom stereocenters. The summed E-state index contributed by atoms with van der Waals surface area (Å²) in [6.45, 7) is 9.24. The van der Waals surface area contributed by atoms with Gasteiger partial charge in [-0.2, -0.15) is 0 Å². The van der Waals surface area contributed by atoms with Crippen LogP contribution in [0.5, 0.6) is 0 Å². The maximum absolute atomic E-state index is 11.3. The highest BCUT2D eigenvalue weighted by molar-refractivity contribution is 5.99. The summed E-state index contributed by atoms with van der Waals surface area (Å²) in [6.07, 6.45) is 5.04. The highest BCUT2D eigenvalue weighted by atomic mass is 16.1. The van der Waals surface area contributed by atoms with E-state index in [1.165, 1.54) is 32.6 Å². The molecule has 3 heteroatoms. The Balaban J connectivity index is 2.57. The van der Waals surface area contributed by atoms with Crippen molar-refractivity contribution < 1.29 is 4.79 Å². The summed E-state index contributed by atoms with van der Waals surface area (Å²) in [4.78, 5) is 11.3. The van der Waals surface area contributed by atoms with Crippen molar-refractivity contribution in [2.24, 2.45) is 5.41 Å². The van der Waals surface area contributed by atoms with Crippen LogP contribution in [-0.2, 0) is 0 Å². The molecule has 112 valence electrons. The molecule has 0 spiro atoms. The van der Waals surface area contributed by atoms with Crippen molar-refractivity contribution >= 4 is 17.2 Å². The molecule has 0 bridgehead atoms. The fourth-order valence-corrected chi connectivity index (χ4v) is 2.28. The Morgan fingerprint density at radius 3 is 2.55 bits per heavy atom. The summed E-state index contributed by atoms with van der Waals surface area (Å²) >= 11 is 0. The average Bonchev–Trinajstić information content (AvgIpc) is 2.36. The molecule has 0 saturated carbocycles. The van der Waals surface area contributed by atoms with Crippen LogP contribution >= 0.6 is 0 Å². The average molecular weight is 276 g/mol. The lowest BCUT2D eigenvalue weighted by Crippen LogP contribution is -2.23. The molecule has 0 saturated heterocycles. The third-order valence-corrected chi connectivity index (χ3v) is 3.66. The van der Waals surface area contributed by atoms with Crippen molar-refractivity contribution in [3.05, 3.63) is 23.8 Å². The number of nitrogens with two attached hydrogens (primary N) is 1. The molecule has 0 fully saturated rings. The molecule has 1 aromatic carbocycles. The normalized spacial score (nSPS) is 11.4. The van der Waals surface area contributed by atoms with Gasteiger partial charge in [-0.05, 0) is 37.0 Å². The topological polar surface area (TPSA) is 55.1 Å². The number of carbonyl (C=O) groups excluding carboxylic acids is 1. The van der Waals surface area contributed by atoms with Gasteiger partial charge in [0, 0.05) is 23.5 Å². The number of rotatable bonds is 8. The predicted molar refractivity (Wildman–Crippen MR) is 87.3 cm³/mol. The zero-order valence-corrected chi connectivity index (χ0v) is 13.3. The van der Waals surface area contributed by atoms with E-state index in [4.69, 9.17) is 5.73 Å². The van der Waals surface area contributed by atoms with Gasteiger partial charge in [0.05, 0.1) is 0 Å². The molecule has 3 N–H and O–H groups in total. The monoisotopic (exact) mass is 276 g/mol. The van der Waals surface area contributed by atoms with Crippen LogP contribution in [0.1, 0.15) is 63.7 Å². The van der Waals surface area contributed by atoms with Gasteiger partial charge in [-0.1, -0.05) is 40.0 Å². The fourth-order valence-electron chi connectivity index (χ4n) is 2.28. The minimum atomic E-state index is 0.00828. The van der Waals surface area contributed by atoms with E-state index in [0.717, 1.165) is 12.2 Å². The number of carbonyl (C=O) groups is 1. The number of Topliss-reactive ketones (excluding diaryl/α,β-unsaturated/α-hetero) is 1. The first kappa shape index (κ1) is 16.5. The first-order chi connectivity index (χ1) is 9.35. The number of nitrogens with one attached hydrogen (secondary N) is 1. The van der Waals surface area contributed by atoms with Gasteiger partial charge < -0.3 is 11.1 Å². The molecule has 1 rings (SSSR count). The molecule has 0 aliphatic carbocycles. The number of nitrogen functional groups attached to an aromatic ring is 1. The van der Waals surface area contributed by atoms with Crippen LogP contribution in [0.2, 0.25) is 0 Å². The Kier molecular flexibility index (Phi) is 6.05. The van der Waals surface area contributed by atoms with Crippen LogP contribution in [0.15, 0.2) is 18.2 Å². The van der Waals surface area contributed by atoms with E-state index in [-0.39, 0.29) is 11.2 Å². The van der Waals surface area contributed by atoms with E-state index in [9.17, 15) is 4.79 Å². The van der Waals surface area contributed by atoms with Crippen molar-refractivity contribution in [3.63, 3.8) is 0 Å². The Hall–Kier alpha value is -1.51. The molecule has 0 aromatic heterocycles. The summed E-state index contributed by atoms with van der Waals surface area (Å²) < 4.78 is 0. The predicted octanol–water partition coefficient (Wildman–Crippen LogP) is 4.49. The molecule has 20 heavy (non-hydrogen) atoms. The lowest BCUT2D eigenvalue weighted by Gasteiger charge is -2.25. The van der Waals surface area contributed by atoms with E-state index in [1.54, 1.807) is 6.07 Å². The van der Waals surface area contributed by atoms with Gasteiger partial charge >= 0.3 is 0 Å². The fraction of sp³-hybridized carbons (Fsp3) is 0.588. The summed E-state index contributed by atoms with van der Waals surface area (Å²) in [7, 11) is 0. The molecule has 0 heterocycles. The van der Waals surface area contributed by atoms with Gasteiger partial charge in [0.15, 0.2) is 5.78 Å². The first-order valence-corrected chi connectivity index (χ1v) is 7.50. The van der Waals surface area contributed by atoms with Crippen molar-refractivity contribution in [1.82, 2.24) is 0 Å². The molecular formula is C17H28N2O. The molecule has 1 aromatic rings. The van der Waals surface area contributed by atoms with Crippen LogP contribution in [0.3, 0.4) is 0 Å². The highest BCUT2D eigenvalue weighted by Gasteiger charge is 2.17. The highest BCUT2D eigenvalue weighted by Crippen LogP contribution is 2.25. The first-order valence-electron chi connectivity index (χ1n) is 7.50. The van der Waals surface area contributed by atoms with Crippen LogP contribution in [0.25, 0.3) is 0 Å². The Bertz CT molecular complexity index is 452. The molecule has 0 radical (unpaired) electrons. The van der Waals surface area contributed by atoms with E-state index in [0.29, 0.717) is 11.3 Å². The molecule has 0 atom stereocenters. The maximum Gasteiger partial charge on any atom is 0.161 e. The third kappa shape index (κ3) is 5.24. The molecule has 0 amide bonds. The zero-order valence-electron chi connectivity index (χ0n) is 13.3. The largest absolute Gasteiger partial charge is 0.398 e. The van der Waals surface area contributed by atoms with Crippen LogP contribution in [-0.4, -0.2) is 12.3 Å². The summed E-state index contributed by atoms with van der Waals surface area (Å²) in [5.41, 5.74) is 8.29.